The number of unbranched alkanes of at least 4 members (excludes halogenated alkanes) is 1. The molecule has 61 heavy (non-hydrogen) atoms. The molecule has 0 radical (unpaired) electrons. The zero-order chi connectivity index (χ0) is 45.8. The Bertz CT molecular complexity index is 1750. The Kier molecular flexibility index (Phi) is 22.3. The number of carbonyl (C=O) groups is 7. The Morgan fingerprint density at radius 1 is 0.705 bits per heavy atom. The van der Waals surface area contributed by atoms with Gasteiger partial charge < -0.3 is 57.8 Å². The second kappa shape index (κ2) is 26.2. The van der Waals surface area contributed by atoms with Gasteiger partial charge in [-0.3, -0.25) is 34.1 Å². The first-order valence-electron chi connectivity index (χ1n) is 20.3. The maximum absolute atomic E-state index is 13.9. The zero-order valence-electron chi connectivity index (χ0n) is 35.7. The van der Waals surface area contributed by atoms with Crippen LogP contribution in [0, 0.1) is 11.8 Å². The molecule has 19 nitrogen and oxygen atoms in total. The van der Waals surface area contributed by atoms with Crippen molar-refractivity contribution >= 4 is 59.1 Å². The van der Waals surface area contributed by atoms with Crippen LogP contribution < -0.4 is 43.4 Å². The molecule has 340 valence electrons. The van der Waals surface area contributed by atoms with Gasteiger partial charge in [0, 0.05) is 12.5 Å². The molecule has 13 N–H and O–H groups in total. The number of aromatic hydroxyl groups is 1. The van der Waals surface area contributed by atoms with E-state index in [2.05, 4.69) is 31.9 Å². The number of anilines is 1. The fourth-order valence-corrected chi connectivity index (χ4v) is 6.56. The van der Waals surface area contributed by atoms with Gasteiger partial charge in [0.05, 0.1) is 12.1 Å². The van der Waals surface area contributed by atoms with Gasteiger partial charge in [0.15, 0.2) is 11.6 Å². The van der Waals surface area contributed by atoms with Gasteiger partial charge in [-0.2, -0.15) is 11.8 Å². The number of phenolic OH excluding ortho intramolecular Hbond substituents is 1. The standard InChI is InChI=1S/C41H64N8O11S/c1-22(2)19-27(43)35(52)44-28(16-18-61-6)36(53)48-33-15-14-32(60-33)39(56)49-34(24(5)50)40(57)47-31(21-25-10-12-26(51)13-11-25)38(55)46-30(20-23(3)4)37(54)45-29(41(58)59)9-7-8-17-42/h10-15,22-24,27-31,34,50-51H,7-9,16-21,42-43H2,1-6H3,(H,44,52)(H,45,54)(H,46,55)(H,47,57)(H,48,53)(H,49,56)(H,58,59)/t24-,27+,28+,29+,30+,31+,34+/m1/s1. The van der Waals surface area contributed by atoms with E-state index in [0.717, 1.165) is 0 Å². The summed E-state index contributed by atoms with van der Waals surface area (Å²) in [6.45, 7) is 9.03. The summed E-state index contributed by atoms with van der Waals surface area (Å²) in [6.07, 6.45) is 2.11. The van der Waals surface area contributed by atoms with E-state index in [1.54, 1.807) is 13.8 Å². The lowest BCUT2D eigenvalue weighted by molar-refractivity contribution is -0.142. The number of benzene rings is 1. The van der Waals surface area contributed by atoms with Crippen LogP contribution in [0.5, 0.6) is 5.75 Å². The second-order valence-electron chi connectivity index (χ2n) is 15.7. The van der Waals surface area contributed by atoms with E-state index in [0.29, 0.717) is 37.1 Å². The van der Waals surface area contributed by atoms with E-state index in [1.165, 1.54) is 55.1 Å². The molecule has 1 aromatic carbocycles. The Balaban J connectivity index is 2.28. The Morgan fingerprint density at radius 3 is 1.87 bits per heavy atom. The molecule has 0 aliphatic rings. The van der Waals surface area contributed by atoms with E-state index in [9.17, 15) is 48.9 Å². The largest absolute Gasteiger partial charge is 0.508 e. The number of carboxylic acids is 1. The summed E-state index contributed by atoms with van der Waals surface area (Å²) >= 11 is 1.47. The number of aliphatic carboxylic acids is 1. The fourth-order valence-electron chi connectivity index (χ4n) is 6.09. The number of aliphatic hydroxyl groups excluding tert-OH is 1. The first kappa shape index (κ1) is 52.0. The van der Waals surface area contributed by atoms with Crippen molar-refractivity contribution < 1.29 is 53.3 Å². The van der Waals surface area contributed by atoms with Gasteiger partial charge in [0.25, 0.3) is 5.91 Å². The number of hydrogen-bond donors (Lipinski definition) is 11. The average molecular weight is 877 g/mol. The first-order valence-corrected chi connectivity index (χ1v) is 21.7. The SMILES string of the molecule is CSCC[C@H](NC(=O)[C@@H](N)CC(C)C)C(=O)Nc1ccc(C(=O)N[C@H](C(=O)N[C@@H](Cc2ccc(O)cc2)C(=O)N[C@@H](CC(C)C)C(=O)N[C@@H](CCCCN)C(=O)O)[C@@H](C)O)o1. The number of furan rings is 1. The highest BCUT2D eigenvalue weighted by molar-refractivity contribution is 7.98. The molecule has 2 aromatic rings. The monoisotopic (exact) mass is 876 g/mol. The number of carboxylic acid groups (broad SMARTS) is 1. The predicted molar refractivity (Wildman–Crippen MR) is 230 cm³/mol. The van der Waals surface area contributed by atoms with E-state index in [-0.39, 0.29) is 54.9 Å². The molecule has 0 saturated carbocycles. The third-order valence-corrected chi connectivity index (χ3v) is 9.99. The lowest BCUT2D eigenvalue weighted by Crippen LogP contribution is -2.60. The first-order chi connectivity index (χ1) is 28.7. The van der Waals surface area contributed by atoms with Crippen molar-refractivity contribution in [3.63, 3.8) is 0 Å². The zero-order valence-corrected chi connectivity index (χ0v) is 36.5. The lowest BCUT2D eigenvalue weighted by atomic mass is 10.00. The third kappa shape index (κ3) is 18.5. The fraction of sp³-hybridized carbons (Fsp3) is 0.585. The number of nitrogens with two attached hydrogens (primary N) is 2. The summed E-state index contributed by atoms with van der Waals surface area (Å²) in [5.74, 6) is -5.84. The van der Waals surface area contributed by atoms with Crippen LogP contribution in [-0.2, 0) is 35.2 Å². The lowest BCUT2D eigenvalue weighted by Gasteiger charge is -2.27. The van der Waals surface area contributed by atoms with Gasteiger partial charge in [-0.05, 0) is 99.6 Å². The molecule has 1 aromatic heterocycles. The quantitative estimate of drug-likeness (QED) is 0.0558. The molecule has 0 bridgehead atoms. The van der Waals surface area contributed by atoms with Crippen LogP contribution in [0.3, 0.4) is 0 Å². The van der Waals surface area contributed by atoms with Crippen LogP contribution in [-0.4, -0.2) is 118 Å². The van der Waals surface area contributed by atoms with Gasteiger partial charge in [0.1, 0.15) is 36.0 Å². The van der Waals surface area contributed by atoms with Crippen LogP contribution in [0.1, 0.15) is 89.3 Å². The van der Waals surface area contributed by atoms with Crippen LogP contribution >= 0.6 is 11.8 Å². The minimum atomic E-state index is -1.65. The maximum Gasteiger partial charge on any atom is 0.326 e. The van der Waals surface area contributed by atoms with Crippen molar-refractivity contribution in [3.8, 4) is 5.75 Å². The van der Waals surface area contributed by atoms with E-state index in [4.69, 9.17) is 15.9 Å². The number of nitrogens with one attached hydrogen (secondary N) is 6. The molecule has 0 saturated heterocycles. The van der Waals surface area contributed by atoms with E-state index >= 15 is 0 Å². The van der Waals surface area contributed by atoms with Gasteiger partial charge in [-0.25, -0.2) is 4.79 Å². The van der Waals surface area contributed by atoms with Gasteiger partial charge >= 0.3 is 5.97 Å². The molecule has 0 aliphatic heterocycles. The topological polar surface area (TPSA) is 318 Å². The molecule has 0 unspecified atom stereocenters. The minimum absolute atomic E-state index is 0.0524. The third-order valence-electron chi connectivity index (χ3n) is 9.34. The predicted octanol–water partition coefficient (Wildman–Crippen LogP) is 0.971. The van der Waals surface area contributed by atoms with Crippen molar-refractivity contribution in [1.29, 1.82) is 0 Å². The molecule has 0 fully saturated rings. The van der Waals surface area contributed by atoms with Crippen LogP contribution in [0.15, 0.2) is 40.8 Å². The summed E-state index contributed by atoms with van der Waals surface area (Å²) < 4.78 is 5.55. The van der Waals surface area contributed by atoms with E-state index in [1.807, 2.05) is 20.1 Å². The molecular formula is C41H64N8O11S. The van der Waals surface area contributed by atoms with Crippen molar-refractivity contribution in [2.45, 2.75) is 122 Å². The van der Waals surface area contributed by atoms with Crippen molar-refractivity contribution in [2.75, 3.05) is 23.9 Å². The summed E-state index contributed by atoms with van der Waals surface area (Å²) in [5.41, 5.74) is 12.0. The van der Waals surface area contributed by atoms with Crippen molar-refractivity contribution in [1.82, 2.24) is 26.6 Å². The number of rotatable bonds is 27. The molecule has 0 aliphatic carbocycles. The summed E-state index contributed by atoms with van der Waals surface area (Å²) in [4.78, 5) is 92.3. The molecular weight excluding hydrogens is 813 g/mol. The van der Waals surface area contributed by atoms with Gasteiger partial charge in [-0.15, -0.1) is 0 Å². The maximum atomic E-state index is 13.9. The number of amides is 6. The van der Waals surface area contributed by atoms with Crippen molar-refractivity contribution in [3.05, 3.63) is 47.7 Å². The highest BCUT2D eigenvalue weighted by Gasteiger charge is 2.34. The normalized spacial score (nSPS) is 14.7. The second-order valence-corrected chi connectivity index (χ2v) is 16.7. The van der Waals surface area contributed by atoms with Crippen LogP contribution in [0.2, 0.25) is 0 Å². The molecule has 1 heterocycles. The highest BCUT2D eigenvalue weighted by Crippen LogP contribution is 2.17. The van der Waals surface area contributed by atoms with Gasteiger partial charge in [0.2, 0.25) is 29.5 Å². The summed E-state index contributed by atoms with van der Waals surface area (Å²) in [5, 5.41) is 45.4. The molecule has 2 rings (SSSR count). The molecule has 0 spiro atoms. The summed E-state index contributed by atoms with van der Waals surface area (Å²) in [6, 6.07) is 1.04. The Hall–Kier alpha value is -5.18. The number of thioether (sulfide) groups is 1. The average Bonchev–Trinajstić information content (AvgIpc) is 3.65. The van der Waals surface area contributed by atoms with Crippen LogP contribution in [0.4, 0.5) is 5.88 Å². The summed E-state index contributed by atoms with van der Waals surface area (Å²) in [7, 11) is 0. The highest BCUT2D eigenvalue weighted by atomic mass is 32.2. The number of phenols is 1. The Labute approximate surface area is 360 Å². The Morgan fingerprint density at radius 2 is 1.30 bits per heavy atom. The smallest absolute Gasteiger partial charge is 0.326 e. The number of carbonyl (C=O) groups excluding carboxylic acids is 6. The molecule has 20 heteroatoms. The van der Waals surface area contributed by atoms with E-state index < -0.39 is 83.8 Å². The van der Waals surface area contributed by atoms with Crippen LogP contribution in [0.25, 0.3) is 0 Å². The minimum Gasteiger partial charge on any atom is -0.508 e. The number of hydrogen-bond acceptors (Lipinski definition) is 13. The number of aliphatic hydroxyl groups is 1. The molecule has 6 amide bonds. The molecule has 7 atom stereocenters. The van der Waals surface area contributed by atoms with Crippen molar-refractivity contribution in [2.24, 2.45) is 23.3 Å². The van der Waals surface area contributed by atoms with Gasteiger partial charge in [-0.1, -0.05) is 39.8 Å².